The number of carbonyl (C=O) groups is 2. The van der Waals surface area contributed by atoms with Crippen LogP contribution in [0, 0.1) is 12.8 Å². The van der Waals surface area contributed by atoms with Gasteiger partial charge < -0.3 is 19.8 Å². The lowest BCUT2D eigenvalue weighted by Crippen LogP contribution is -2.48. The lowest BCUT2D eigenvalue weighted by Gasteiger charge is -2.35. The molecule has 0 bridgehead atoms. The molecular formula is C17H25N5O3. The second-order valence-corrected chi connectivity index (χ2v) is 6.76. The molecule has 0 aromatic carbocycles. The summed E-state index contributed by atoms with van der Waals surface area (Å²) in [7, 11) is 0. The molecule has 0 aliphatic carbocycles. The van der Waals surface area contributed by atoms with Crippen LogP contribution >= 0.6 is 0 Å². The van der Waals surface area contributed by atoms with Crippen LogP contribution in [0.15, 0.2) is 6.07 Å². The number of piperazine rings is 1. The van der Waals surface area contributed by atoms with Crippen molar-refractivity contribution >= 4 is 23.6 Å². The van der Waals surface area contributed by atoms with Gasteiger partial charge in [0.25, 0.3) is 0 Å². The van der Waals surface area contributed by atoms with Gasteiger partial charge in [-0.05, 0) is 19.8 Å². The maximum atomic E-state index is 11.5. The highest BCUT2D eigenvalue weighted by Gasteiger charge is 2.26. The van der Waals surface area contributed by atoms with Gasteiger partial charge >= 0.3 is 5.97 Å². The summed E-state index contributed by atoms with van der Waals surface area (Å²) in [5.74, 6) is 0.701. The van der Waals surface area contributed by atoms with Crippen molar-refractivity contribution < 1.29 is 14.7 Å². The smallest absolute Gasteiger partial charge is 0.306 e. The number of hydrogen-bond donors (Lipinski definition) is 1. The Kier molecular flexibility index (Phi) is 5.06. The quantitative estimate of drug-likeness (QED) is 0.863. The van der Waals surface area contributed by atoms with Crippen LogP contribution in [0.1, 0.15) is 25.5 Å². The van der Waals surface area contributed by atoms with Crippen molar-refractivity contribution in [3.63, 3.8) is 0 Å². The van der Waals surface area contributed by atoms with Crippen molar-refractivity contribution in [2.24, 2.45) is 5.92 Å². The minimum atomic E-state index is -0.706. The van der Waals surface area contributed by atoms with Crippen LogP contribution in [-0.2, 0) is 9.59 Å². The molecule has 2 saturated heterocycles. The molecule has 3 heterocycles. The molecule has 2 aliphatic rings. The summed E-state index contributed by atoms with van der Waals surface area (Å²) in [5.41, 5.74) is 0.898. The average Bonchev–Trinajstić information content (AvgIpc) is 2.61. The van der Waals surface area contributed by atoms with Gasteiger partial charge in [0.2, 0.25) is 11.9 Å². The van der Waals surface area contributed by atoms with E-state index in [1.165, 1.54) is 0 Å². The molecule has 0 radical (unpaired) electrons. The number of anilines is 2. The first-order chi connectivity index (χ1) is 11.9. The molecular weight excluding hydrogens is 322 g/mol. The summed E-state index contributed by atoms with van der Waals surface area (Å²) in [6.45, 7) is 7.77. The molecule has 2 fully saturated rings. The number of nitrogens with zero attached hydrogens (tertiary/aromatic N) is 5. The van der Waals surface area contributed by atoms with Gasteiger partial charge in [0.05, 0.1) is 5.92 Å². The van der Waals surface area contributed by atoms with Crippen molar-refractivity contribution in [1.29, 1.82) is 0 Å². The average molecular weight is 347 g/mol. The molecule has 0 spiro atoms. The normalized spacial score (nSPS) is 19.2. The maximum Gasteiger partial charge on any atom is 0.306 e. The molecule has 0 saturated carbocycles. The van der Waals surface area contributed by atoms with E-state index in [0.29, 0.717) is 45.0 Å². The van der Waals surface area contributed by atoms with Gasteiger partial charge in [-0.1, -0.05) is 0 Å². The lowest BCUT2D eigenvalue weighted by atomic mass is 9.97. The van der Waals surface area contributed by atoms with Crippen molar-refractivity contribution in [3.8, 4) is 0 Å². The van der Waals surface area contributed by atoms with E-state index >= 15 is 0 Å². The number of carbonyl (C=O) groups excluding carboxylic acids is 1. The van der Waals surface area contributed by atoms with Crippen LogP contribution < -0.4 is 9.80 Å². The maximum absolute atomic E-state index is 11.5. The Morgan fingerprint density at radius 3 is 2.24 bits per heavy atom. The van der Waals surface area contributed by atoms with E-state index in [1.54, 1.807) is 6.92 Å². The first-order valence-electron chi connectivity index (χ1n) is 8.78. The van der Waals surface area contributed by atoms with Crippen LogP contribution in [0.25, 0.3) is 0 Å². The fourth-order valence-corrected chi connectivity index (χ4v) is 3.42. The third-order valence-electron chi connectivity index (χ3n) is 5.00. The summed E-state index contributed by atoms with van der Waals surface area (Å²) >= 11 is 0. The van der Waals surface area contributed by atoms with Crippen molar-refractivity contribution in [1.82, 2.24) is 14.9 Å². The number of carboxylic acid groups (broad SMARTS) is 1. The molecule has 1 aromatic heterocycles. The Hall–Kier alpha value is -2.38. The van der Waals surface area contributed by atoms with Gasteiger partial charge in [-0.2, -0.15) is 4.98 Å². The van der Waals surface area contributed by atoms with Gasteiger partial charge in [-0.25, -0.2) is 4.98 Å². The number of carboxylic acids is 1. The molecule has 8 nitrogen and oxygen atoms in total. The minimum absolute atomic E-state index is 0.104. The SMILES string of the molecule is CC(=O)N1CCN(c2nc(C)cc(N3CCC(C(=O)O)CC3)n2)CC1. The molecule has 8 heteroatoms. The number of rotatable bonds is 3. The highest BCUT2D eigenvalue weighted by molar-refractivity contribution is 5.73. The van der Waals surface area contributed by atoms with E-state index in [2.05, 4.69) is 14.8 Å². The monoisotopic (exact) mass is 347 g/mol. The highest BCUT2D eigenvalue weighted by Crippen LogP contribution is 2.24. The molecule has 2 aliphatic heterocycles. The van der Waals surface area contributed by atoms with Crippen LogP contribution in [0.4, 0.5) is 11.8 Å². The predicted octanol–water partition coefficient (Wildman–Crippen LogP) is 0.755. The number of aromatic nitrogens is 2. The second-order valence-electron chi connectivity index (χ2n) is 6.76. The molecule has 136 valence electrons. The van der Waals surface area contributed by atoms with Crippen molar-refractivity contribution in [3.05, 3.63) is 11.8 Å². The first kappa shape index (κ1) is 17.4. The standard InChI is InChI=1S/C17H25N5O3/c1-12-11-15(21-5-3-14(4-6-21)16(24)25)19-17(18-12)22-9-7-20(8-10-22)13(2)23/h11,14H,3-10H2,1-2H3,(H,24,25). The first-order valence-corrected chi connectivity index (χ1v) is 8.78. The van der Waals surface area contributed by atoms with Crippen LogP contribution in [-0.4, -0.2) is 71.1 Å². The molecule has 1 amide bonds. The number of amides is 1. The molecule has 1 aromatic rings. The Bertz CT molecular complexity index is 597. The Morgan fingerprint density at radius 1 is 1.04 bits per heavy atom. The van der Waals surface area contributed by atoms with Crippen molar-refractivity contribution in [2.75, 3.05) is 49.1 Å². The fourth-order valence-electron chi connectivity index (χ4n) is 3.42. The largest absolute Gasteiger partial charge is 0.481 e. The summed E-state index contributed by atoms with van der Waals surface area (Å²) in [4.78, 5) is 37.9. The van der Waals surface area contributed by atoms with E-state index in [-0.39, 0.29) is 11.8 Å². The zero-order chi connectivity index (χ0) is 18.0. The molecule has 0 unspecified atom stereocenters. The van der Waals surface area contributed by atoms with E-state index in [0.717, 1.165) is 24.6 Å². The Labute approximate surface area is 147 Å². The number of aliphatic carboxylic acids is 1. The summed E-state index contributed by atoms with van der Waals surface area (Å²) in [5, 5.41) is 9.14. The zero-order valence-corrected chi connectivity index (χ0v) is 14.8. The number of aryl methyl sites for hydroxylation is 1. The van der Waals surface area contributed by atoms with Gasteiger partial charge in [-0.3, -0.25) is 9.59 Å². The van der Waals surface area contributed by atoms with E-state index < -0.39 is 5.97 Å². The highest BCUT2D eigenvalue weighted by atomic mass is 16.4. The van der Waals surface area contributed by atoms with E-state index in [9.17, 15) is 9.59 Å². The zero-order valence-electron chi connectivity index (χ0n) is 14.8. The fraction of sp³-hybridized carbons (Fsp3) is 0.647. The lowest BCUT2D eigenvalue weighted by molar-refractivity contribution is -0.142. The van der Waals surface area contributed by atoms with Gasteiger partial charge in [0.1, 0.15) is 5.82 Å². The van der Waals surface area contributed by atoms with Crippen LogP contribution in [0.5, 0.6) is 0 Å². The van der Waals surface area contributed by atoms with Gasteiger partial charge in [-0.15, -0.1) is 0 Å². The van der Waals surface area contributed by atoms with Crippen LogP contribution in [0.3, 0.4) is 0 Å². The number of piperidine rings is 1. The Balaban J connectivity index is 1.69. The molecule has 0 atom stereocenters. The van der Waals surface area contributed by atoms with Gasteiger partial charge in [0.15, 0.2) is 0 Å². The topological polar surface area (TPSA) is 89.9 Å². The predicted molar refractivity (Wildman–Crippen MR) is 93.8 cm³/mol. The van der Waals surface area contributed by atoms with E-state index in [1.807, 2.05) is 17.9 Å². The third-order valence-corrected chi connectivity index (χ3v) is 5.00. The number of hydrogen-bond acceptors (Lipinski definition) is 6. The van der Waals surface area contributed by atoms with Gasteiger partial charge in [0, 0.05) is 58.0 Å². The molecule has 1 N–H and O–H groups in total. The summed E-state index contributed by atoms with van der Waals surface area (Å²) in [6.07, 6.45) is 1.29. The van der Waals surface area contributed by atoms with Crippen molar-refractivity contribution in [2.45, 2.75) is 26.7 Å². The second kappa shape index (κ2) is 7.25. The minimum Gasteiger partial charge on any atom is -0.481 e. The summed E-state index contributed by atoms with van der Waals surface area (Å²) < 4.78 is 0. The summed E-state index contributed by atoms with van der Waals surface area (Å²) in [6, 6.07) is 1.95. The Morgan fingerprint density at radius 2 is 1.68 bits per heavy atom. The van der Waals surface area contributed by atoms with E-state index in [4.69, 9.17) is 10.1 Å². The molecule has 25 heavy (non-hydrogen) atoms. The third kappa shape index (κ3) is 4.00. The van der Waals surface area contributed by atoms with Crippen LogP contribution in [0.2, 0.25) is 0 Å². The molecule has 3 rings (SSSR count).